The highest BCUT2D eigenvalue weighted by molar-refractivity contribution is 5.81. The topological polar surface area (TPSA) is 54.0 Å². The standard InChI is InChI=1S/C18H28O5/c1-14-11-15(2)18(23-13-20-3)16(21-4)9-7-5-6-8-10-17(19)22-12-14/h7-11,15-16,18H,5-6,12-13H2,1-4H3/t15-,16+,18+/m1/s1. The summed E-state index contributed by atoms with van der Waals surface area (Å²) in [6.07, 6.45) is 10.7. The van der Waals surface area contributed by atoms with Crippen molar-refractivity contribution in [1.82, 2.24) is 0 Å². The molecule has 5 nitrogen and oxygen atoms in total. The molecule has 0 amide bonds. The van der Waals surface area contributed by atoms with E-state index < -0.39 is 0 Å². The largest absolute Gasteiger partial charge is 0.458 e. The van der Waals surface area contributed by atoms with Crippen molar-refractivity contribution in [2.75, 3.05) is 27.6 Å². The second kappa shape index (κ2) is 11.2. The maximum atomic E-state index is 11.6. The zero-order chi connectivity index (χ0) is 17.1. The fourth-order valence-corrected chi connectivity index (χ4v) is 2.44. The highest BCUT2D eigenvalue weighted by Crippen LogP contribution is 2.19. The molecule has 0 unspecified atom stereocenters. The lowest BCUT2D eigenvalue weighted by Gasteiger charge is -2.28. The van der Waals surface area contributed by atoms with Gasteiger partial charge in [0.1, 0.15) is 19.5 Å². The van der Waals surface area contributed by atoms with Crippen LogP contribution in [0, 0.1) is 5.92 Å². The van der Waals surface area contributed by atoms with Gasteiger partial charge in [-0.05, 0) is 25.3 Å². The maximum Gasteiger partial charge on any atom is 0.330 e. The molecular formula is C18H28O5. The molecule has 23 heavy (non-hydrogen) atoms. The molecule has 0 aromatic heterocycles. The number of carbonyl (C=O) groups is 1. The third kappa shape index (κ3) is 7.59. The Kier molecular flexibility index (Phi) is 9.52. The van der Waals surface area contributed by atoms with Crippen LogP contribution >= 0.6 is 0 Å². The SMILES string of the molecule is COCO[C@H]1[C@H](C)C=C(C)COC(=O)C=CCCC=C[C@@H]1OC. The molecule has 0 aromatic rings. The molecule has 0 aromatic carbocycles. The number of carbonyl (C=O) groups excluding carboxylic acids is 1. The minimum atomic E-state index is -0.312. The molecule has 1 aliphatic heterocycles. The van der Waals surface area contributed by atoms with Crippen LogP contribution in [-0.4, -0.2) is 45.8 Å². The Morgan fingerprint density at radius 2 is 2.00 bits per heavy atom. The van der Waals surface area contributed by atoms with Crippen LogP contribution in [0.4, 0.5) is 0 Å². The molecule has 3 atom stereocenters. The highest BCUT2D eigenvalue weighted by atomic mass is 16.7. The Morgan fingerprint density at radius 3 is 2.70 bits per heavy atom. The van der Waals surface area contributed by atoms with Crippen LogP contribution in [0.2, 0.25) is 0 Å². The van der Waals surface area contributed by atoms with Crippen molar-refractivity contribution in [2.24, 2.45) is 5.92 Å². The van der Waals surface area contributed by atoms with Crippen molar-refractivity contribution in [3.63, 3.8) is 0 Å². The average molecular weight is 324 g/mol. The first-order valence-corrected chi connectivity index (χ1v) is 7.89. The van der Waals surface area contributed by atoms with Gasteiger partial charge in [-0.3, -0.25) is 0 Å². The molecule has 0 spiro atoms. The third-order valence-corrected chi connectivity index (χ3v) is 3.56. The van der Waals surface area contributed by atoms with Crippen LogP contribution in [0.15, 0.2) is 36.0 Å². The molecule has 0 fully saturated rings. The summed E-state index contributed by atoms with van der Waals surface area (Å²) in [6, 6.07) is 0. The number of hydrogen-bond donors (Lipinski definition) is 0. The van der Waals surface area contributed by atoms with E-state index in [1.54, 1.807) is 14.2 Å². The molecule has 5 heteroatoms. The number of allylic oxidation sites excluding steroid dienone is 2. The van der Waals surface area contributed by atoms with Crippen LogP contribution in [0.1, 0.15) is 26.7 Å². The van der Waals surface area contributed by atoms with E-state index in [1.807, 2.05) is 31.2 Å². The lowest BCUT2D eigenvalue weighted by molar-refractivity contribution is -0.136. The predicted molar refractivity (Wildman–Crippen MR) is 88.9 cm³/mol. The molecule has 0 N–H and O–H groups in total. The summed E-state index contributed by atoms with van der Waals surface area (Å²) in [5.41, 5.74) is 0.973. The van der Waals surface area contributed by atoms with E-state index in [-0.39, 0.29) is 37.5 Å². The van der Waals surface area contributed by atoms with Crippen LogP contribution in [0.25, 0.3) is 0 Å². The monoisotopic (exact) mass is 324 g/mol. The minimum Gasteiger partial charge on any atom is -0.458 e. The van der Waals surface area contributed by atoms with Gasteiger partial charge in [-0.1, -0.05) is 31.2 Å². The highest BCUT2D eigenvalue weighted by Gasteiger charge is 2.25. The van der Waals surface area contributed by atoms with Gasteiger partial charge in [-0.2, -0.15) is 0 Å². The maximum absolute atomic E-state index is 11.6. The fourth-order valence-electron chi connectivity index (χ4n) is 2.44. The Labute approximate surface area is 138 Å². The smallest absolute Gasteiger partial charge is 0.330 e. The summed E-state index contributed by atoms with van der Waals surface area (Å²) in [5.74, 6) is -0.231. The van der Waals surface area contributed by atoms with Crippen LogP contribution < -0.4 is 0 Å². The summed E-state index contributed by atoms with van der Waals surface area (Å²) >= 11 is 0. The van der Waals surface area contributed by atoms with Crippen molar-refractivity contribution in [3.8, 4) is 0 Å². The second-order valence-corrected chi connectivity index (χ2v) is 5.63. The average Bonchev–Trinajstić information content (AvgIpc) is 2.53. The number of cyclic esters (lactones) is 1. The van der Waals surface area contributed by atoms with Gasteiger partial charge in [0.05, 0.1) is 6.10 Å². The van der Waals surface area contributed by atoms with Gasteiger partial charge in [0, 0.05) is 26.2 Å². The van der Waals surface area contributed by atoms with Crippen LogP contribution in [0.3, 0.4) is 0 Å². The van der Waals surface area contributed by atoms with Crippen molar-refractivity contribution in [1.29, 1.82) is 0 Å². The molecule has 130 valence electrons. The Balaban J connectivity index is 2.96. The van der Waals surface area contributed by atoms with E-state index in [0.717, 1.165) is 18.4 Å². The Bertz CT molecular complexity index is 439. The second-order valence-electron chi connectivity index (χ2n) is 5.63. The summed E-state index contributed by atoms with van der Waals surface area (Å²) in [4.78, 5) is 11.6. The van der Waals surface area contributed by atoms with Gasteiger partial charge in [-0.15, -0.1) is 0 Å². The van der Waals surface area contributed by atoms with Gasteiger partial charge < -0.3 is 18.9 Å². The van der Waals surface area contributed by atoms with Crippen LogP contribution in [-0.2, 0) is 23.7 Å². The lowest BCUT2D eigenvalue weighted by Crippen LogP contribution is -2.35. The quantitative estimate of drug-likeness (QED) is 0.452. The van der Waals surface area contributed by atoms with Crippen molar-refractivity contribution >= 4 is 5.97 Å². The zero-order valence-electron chi connectivity index (χ0n) is 14.5. The van der Waals surface area contributed by atoms with Gasteiger partial charge in [0.15, 0.2) is 0 Å². The normalized spacial score (nSPS) is 27.2. The Morgan fingerprint density at radius 1 is 1.26 bits per heavy atom. The first kappa shape index (κ1) is 19.6. The van der Waals surface area contributed by atoms with Gasteiger partial charge in [-0.25, -0.2) is 4.79 Å². The number of hydrogen-bond acceptors (Lipinski definition) is 5. The van der Waals surface area contributed by atoms with E-state index in [0.29, 0.717) is 0 Å². The molecule has 0 saturated carbocycles. The molecule has 1 rings (SSSR count). The van der Waals surface area contributed by atoms with Crippen molar-refractivity contribution < 1.29 is 23.7 Å². The number of methoxy groups -OCH3 is 2. The minimum absolute atomic E-state index is 0.0805. The zero-order valence-corrected chi connectivity index (χ0v) is 14.5. The summed E-state index contributed by atoms with van der Waals surface area (Å²) in [5, 5.41) is 0. The first-order chi connectivity index (χ1) is 11.1. The molecular weight excluding hydrogens is 296 g/mol. The summed E-state index contributed by atoms with van der Waals surface area (Å²) in [6.45, 7) is 4.47. The molecule has 0 radical (unpaired) electrons. The summed E-state index contributed by atoms with van der Waals surface area (Å²) < 4.78 is 21.6. The van der Waals surface area contributed by atoms with Gasteiger partial charge in [0.2, 0.25) is 0 Å². The van der Waals surface area contributed by atoms with Crippen LogP contribution in [0.5, 0.6) is 0 Å². The third-order valence-electron chi connectivity index (χ3n) is 3.56. The van der Waals surface area contributed by atoms with Gasteiger partial charge in [0.25, 0.3) is 0 Å². The van der Waals surface area contributed by atoms with E-state index in [4.69, 9.17) is 18.9 Å². The van der Waals surface area contributed by atoms with E-state index in [1.165, 1.54) is 6.08 Å². The summed E-state index contributed by atoms with van der Waals surface area (Å²) in [7, 11) is 3.27. The fraction of sp³-hybridized carbons (Fsp3) is 0.611. The molecule has 0 bridgehead atoms. The van der Waals surface area contributed by atoms with E-state index in [9.17, 15) is 4.79 Å². The first-order valence-electron chi connectivity index (χ1n) is 7.89. The lowest BCUT2D eigenvalue weighted by atomic mass is 9.96. The molecule has 0 aliphatic carbocycles. The molecule has 1 heterocycles. The number of ether oxygens (including phenoxy) is 4. The predicted octanol–water partition coefficient (Wildman–Crippen LogP) is 3.02. The van der Waals surface area contributed by atoms with Crippen molar-refractivity contribution in [3.05, 3.63) is 36.0 Å². The number of rotatable bonds is 4. The molecule has 0 saturated heterocycles. The number of esters is 1. The van der Waals surface area contributed by atoms with Gasteiger partial charge >= 0.3 is 5.97 Å². The van der Waals surface area contributed by atoms with E-state index in [2.05, 4.69) is 6.92 Å². The Hall–Kier alpha value is -1.43. The molecule has 1 aliphatic rings. The van der Waals surface area contributed by atoms with E-state index >= 15 is 0 Å². The van der Waals surface area contributed by atoms with Crippen molar-refractivity contribution in [2.45, 2.75) is 38.9 Å².